The molecule has 1 aliphatic heterocycles. The van der Waals surface area contributed by atoms with Gasteiger partial charge in [-0.1, -0.05) is 26.8 Å². The van der Waals surface area contributed by atoms with Gasteiger partial charge in [-0.2, -0.15) is 0 Å². The molecular weight excluding hydrogens is 306 g/mol. The van der Waals surface area contributed by atoms with E-state index in [-0.39, 0.29) is 18.3 Å². The first-order valence-corrected chi connectivity index (χ1v) is 8.37. The van der Waals surface area contributed by atoms with Crippen LogP contribution in [0.25, 0.3) is 0 Å². The summed E-state index contributed by atoms with van der Waals surface area (Å²) in [5, 5.41) is 6.62. The molecule has 2 rings (SSSR count). The highest BCUT2D eigenvalue weighted by atomic mass is 16.7. The van der Waals surface area contributed by atoms with Crippen LogP contribution in [0.1, 0.15) is 33.3 Å². The molecule has 24 heavy (non-hydrogen) atoms. The Morgan fingerprint density at radius 2 is 2.00 bits per heavy atom. The number of aliphatic imine (C=N–C) groups is 1. The average molecular weight is 335 g/mol. The highest BCUT2D eigenvalue weighted by Gasteiger charge is 2.24. The lowest BCUT2D eigenvalue weighted by atomic mass is 9.89. The minimum absolute atomic E-state index is 0.0659. The summed E-state index contributed by atoms with van der Waals surface area (Å²) in [7, 11) is 1.74. The molecule has 1 aromatic carbocycles. The molecule has 6 heteroatoms. The maximum atomic E-state index is 5.58. The molecule has 0 bridgehead atoms. The second kappa shape index (κ2) is 8.24. The van der Waals surface area contributed by atoms with E-state index in [1.807, 2.05) is 18.2 Å². The van der Waals surface area contributed by atoms with E-state index >= 15 is 0 Å². The normalized spacial score (nSPS) is 15.3. The molecule has 0 fully saturated rings. The Balaban J connectivity index is 1.97. The van der Waals surface area contributed by atoms with Crippen LogP contribution in [0.5, 0.6) is 11.5 Å². The predicted molar refractivity (Wildman–Crippen MR) is 95.6 cm³/mol. The van der Waals surface area contributed by atoms with Crippen LogP contribution in [0.4, 0.5) is 0 Å². The van der Waals surface area contributed by atoms with Crippen molar-refractivity contribution in [1.82, 2.24) is 10.6 Å². The lowest BCUT2D eigenvalue weighted by Gasteiger charge is -2.30. The second-order valence-corrected chi connectivity index (χ2v) is 6.85. The Bertz CT molecular complexity index is 567. The molecule has 1 aromatic rings. The molecule has 2 N–H and O–H groups in total. The number of fused-ring (bicyclic) bond motifs is 1. The van der Waals surface area contributed by atoms with E-state index in [1.165, 1.54) is 0 Å². The summed E-state index contributed by atoms with van der Waals surface area (Å²) in [4.78, 5) is 4.64. The van der Waals surface area contributed by atoms with Gasteiger partial charge < -0.3 is 24.8 Å². The average Bonchev–Trinajstić information content (AvgIpc) is 2.99. The molecule has 1 heterocycles. The lowest BCUT2D eigenvalue weighted by Crippen LogP contribution is -2.45. The zero-order chi connectivity index (χ0) is 17.6. The molecule has 134 valence electrons. The van der Waals surface area contributed by atoms with E-state index < -0.39 is 0 Å². The summed E-state index contributed by atoms with van der Waals surface area (Å²) in [6, 6.07) is 5.91. The summed E-state index contributed by atoms with van der Waals surface area (Å²) in [6.45, 7) is 10.9. The molecule has 0 amide bonds. The third-order valence-electron chi connectivity index (χ3n) is 3.91. The maximum Gasteiger partial charge on any atom is 0.231 e. The van der Waals surface area contributed by atoms with Crippen LogP contribution in [0.15, 0.2) is 23.2 Å². The van der Waals surface area contributed by atoms with Gasteiger partial charge in [-0.15, -0.1) is 0 Å². The topological polar surface area (TPSA) is 64.1 Å². The standard InChI is InChI=1S/C18H29N3O3/c1-6-19-17(21-11-16(22-5)18(2,3)4)20-10-13-7-8-14-15(9-13)24-12-23-14/h7-9,16H,6,10-12H2,1-5H3,(H2,19,20,21). The molecular formula is C18H29N3O3. The van der Waals surface area contributed by atoms with Crippen LogP contribution in [0.3, 0.4) is 0 Å². The number of nitrogens with zero attached hydrogens (tertiary/aromatic N) is 1. The third-order valence-corrected chi connectivity index (χ3v) is 3.91. The van der Waals surface area contributed by atoms with Gasteiger partial charge in [0.25, 0.3) is 0 Å². The first-order chi connectivity index (χ1) is 11.4. The molecule has 0 saturated heterocycles. The minimum atomic E-state index is 0.0659. The smallest absolute Gasteiger partial charge is 0.231 e. The van der Waals surface area contributed by atoms with E-state index in [1.54, 1.807) is 7.11 Å². The molecule has 0 radical (unpaired) electrons. The maximum absolute atomic E-state index is 5.58. The van der Waals surface area contributed by atoms with Crippen LogP contribution >= 0.6 is 0 Å². The number of hydrogen-bond donors (Lipinski definition) is 2. The van der Waals surface area contributed by atoms with Gasteiger partial charge in [0, 0.05) is 20.2 Å². The van der Waals surface area contributed by atoms with E-state index in [0.717, 1.165) is 29.6 Å². The van der Waals surface area contributed by atoms with Crippen LogP contribution in [-0.4, -0.2) is 39.1 Å². The highest BCUT2D eigenvalue weighted by Crippen LogP contribution is 2.32. The Kier molecular flexibility index (Phi) is 6.31. The van der Waals surface area contributed by atoms with E-state index in [2.05, 4.69) is 43.3 Å². The summed E-state index contributed by atoms with van der Waals surface area (Å²) in [6.07, 6.45) is 0.104. The molecule has 1 aliphatic rings. The number of guanidine groups is 1. The minimum Gasteiger partial charge on any atom is -0.454 e. The van der Waals surface area contributed by atoms with Crippen molar-refractivity contribution < 1.29 is 14.2 Å². The van der Waals surface area contributed by atoms with Crippen molar-refractivity contribution in [3.63, 3.8) is 0 Å². The quantitative estimate of drug-likeness (QED) is 0.618. The molecule has 0 spiro atoms. The molecule has 0 aliphatic carbocycles. The monoisotopic (exact) mass is 335 g/mol. The summed E-state index contributed by atoms with van der Waals surface area (Å²) in [5.74, 6) is 2.36. The largest absolute Gasteiger partial charge is 0.454 e. The Hall–Kier alpha value is -1.95. The van der Waals surface area contributed by atoms with E-state index in [9.17, 15) is 0 Å². The Morgan fingerprint density at radius 3 is 2.67 bits per heavy atom. The number of methoxy groups -OCH3 is 1. The zero-order valence-corrected chi connectivity index (χ0v) is 15.3. The first-order valence-electron chi connectivity index (χ1n) is 8.37. The van der Waals surface area contributed by atoms with Crippen molar-refractivity contribution >= 4 is 5.96 Å². The van der Waals surface area contributed by atoms with Crippen molar-refractivity contribution in [2.24, 2.45) is 10.4 Å². The van der Waals surface area contributed by atoms with Gasteiger partial charge in [0.05, 0.1) is 12.6 Å². The summed E-state index contributed by atoms with van der Waals surface area (Å²) in [5.41, 5.74) is 1.15. The Labute approximate surface area is 144 Å². The number of rotatable bonds is 6. The van der Waals surface area contributed by atoms with Crippen LogP contribution in [0.2, 0.25) is 0 Å². The Morgan fingerprint density at radius 1 is 1.25 bits per heavy atom. The molecule has 0 aromatic heterocycles. The van der Waals surface area contributed by atoms with Crippen molar-refractivity contribution in [3.05, 3.63) is 23.8 Å². The SMILES string of the molecule is CCNC(=NCc1ccc2c(c1)OCO2)NCC(OC)C(C)(C)C. The molecule has 6 nitrogen and oxygen atoms in total. The second-order valence-electron chi connectivity index (χ2n) is 6.85. The van der Waals surface area contributed by atoms with Crippen molar-refractivity contribution in [3.8, 4) is 11.5 Å². The fourth-order valence-electron chi connectivity index (χ4n) is 2.48. The van der Waals surface area contributed by atoms with Crippen molar-refractivity contribution in [1.29, 1.82) is 0 Å². The van der Waals surface area contributed by atoms with E-state index in [0.29, 0.717) is 13.1 Å². The van der Waals surface area contributed by atoms with Gasteiger partial charge in [0.15, 0.2) is 17.5 Å². The van der Waals surface area contributed by atoms with Crippen molar-refractivity contribution in [2.45, 2.75) is 40.3 Å². The summed E-state index contributed by atoms with van der Waals surface area (Å²) < 4.78 is 16.3. The fraction of sp³-hybridized carbons (Fsp3) is 0.611. The van der Waals surface area contributed by atoms with Crippen molar-refractivity contribution in [2.75, 3.05) is 27.0 Å². The van der Waals surface area contributed by atoms with Crippen LogP contribution in [-0.2, 0) is 11.3 Å². The van der Waals surface area contributed by atoms with Gasteiger partial charge in [0.2, 0.25) is 6.79 Å². The first kappa shape index (κ1) is 18.4. The molecule has 1 atom stereocenters. The van der Waals surface area contributed by atoms with Crippen LogP contribution in [0, 0.1) is 5.41 Å². The summed E-state index contributed by atoms with van der Waals surface area (Å²) >= 11 is 0. The van der Waals surface area contributed by atoms with Gasteiger partial charge >= 0.3 is 0 Å². The molecule has 0 saturated carbocycles. The fourth-order valence-corrected chi connectivity index (χ4v) is 2.48. The molecule has 1 unspecified atom stereocenters. The van der Waals surface area contributed by atoms with Gasteiger partial charge in [-0.3, -0.25) is 0 Å². The van der Waals surface area contributed by atoms with Gasteiger partial charge in [-0.05, 0) is 30.0 Å². The number of benzene rings is 1. The third kappa shape index (κ3) is 5.03. The van der Waals surface area contributed by atoms with E-state index in [4.69, 9.17) is 14.2 Å². The number of hydrogen-bond acceptors (Lipinski definition) is 4. The van der Waals surface area contributed by atoms with Gasteiger partial charge in [-0.25, -0.2) is 4.99 Å². The zero-order valence-electron chi connectivity index (χ0n) is 15.3. The highest BCUT2D eigenvalue weighted by molar-refractivity contribution is 5.79. The number of nitrogens with one attached hydrogen (secondary N) is 2. The van der Waals surface area contributed by atoms with Gasteiger partial charge in [0.1, 0.15) is 0 Å². The van der Waals surface area contributed by atoms with Crippen LogP contribution < -0.4 is 20.1 Å². The lowest BCUT2D eigenvalue weighted by molar-refractivity contribution is 0.0205. The predicted octanol–water partition coefficient (Wildman–Crippen LogP) is 2.53. The number of ether oxygens (including phenoxy) is 3.